The van der Waals surface area contributed by atoms with E-state index in [1.165, 1.54) is 11.8 Å². The Bertz CT molecular complexity index is 175. The minimum Gasteiger partial charge on any atom is -0.480 e. The van der Waals surface area contributed by atoms with Crippen LogP contribution in [0.3, 0.4) is 0 Å². The van der Waals surface area contributed by atoms with Gasteiger partial charge in [0.1, 0.15) is 6.04 Å². The summed E-state index contributed by atoms with van der Waals surface area (Å²) in [4.78, 5) is 10.2. The van der Waals surface area contributed by atoms with Crippen LogP contribution in [0.4, 0.5) is 0 Å². The van der Waals surface area contributed by atoms with Gasteiger partial charge in [-0.05, 0) is 6.42 Å². The fraction of sp³-hybridized carbons (Fsp3) is 0.429. The maximum atomic E-state index is 10.2. The Morgan fingerprint density at radius 3 is 3.00 bits per heavy atom. The third-order valence-electron chi connectivity index (χ3n) is 1.03. The molecule has 0 aliphatic heterocycles. The molecule has 1 atom stereocenters. The van der Waals surface area contributed by atoms with Gasteiger partial charge >= 0.3 is 5.97 Å². The molecule has 0 aromatic rings. The molecule has 0 saturated heterocycles. The topological polar surface area (TPSA) is 63.3 Å². The van der Waals surface area contributed by atoms with Gasteiger partial charge in [-0.2, -0.15) is 0 Å². The molecule has 11 heavy (non-hydrogen) atoms. The fourth-order valence-electron chi connectivity index (χ4n) is 0.436. The highest BCUT2D eigenvalue weighted by molar-refractivity contribution is 8.02. The highest BCUT2D eigenvalue weighted by Crippen LogP contribution is 2.04. The van der Waals surface area contributed by atoms with Crippen molar-refractivity contribution in [3.8, 4) is 0 Å². The molecule has 3 N–H and O–H groups in total. The number of thioether (sulfide) groups is 1. The molecule has 0 aromatic carbocycles. The van der Waals surface area contributed by atoms with Crippen LogP contribution in [-0.2, 0) is 4.79 Å². The van der Waals surface area contributed by atoms with Crippen molar-refractivity contribution in [1.82, 2.24) is 0 Å². The maximum absolute atomic E-state index is 10.2. The van der Waals surface area contributed by atoms with E-state index in [-0.39, 0.29) is 0 Å². The molecule has 0 aliphatic carbocycles. The Hall–Kier alpha value is -0.700. The lowest BCUT2D eigenvalue weighted by atomic mass is 10.2. The van der Waals surface area contributed by atoms with Crippen molar-refractivity contribution < 1.29 is 9.90 Å². The first-order valence-corrected chi connectivity index (χ1v) is 4.17. The van der Waals surface area contributed by atoms with Crippen LogP contribution < -0.4 is 5.73 Å². The lowest BCUT2D eigenvalue weighted by Crippen LogP contribution is -2.30. The minimum absolute atomic E-state index is 0.470. The van der Waals surface area contributed by atoms with Gasteiger partial charge in [-0.15, -0.1) is 17.5 Å². The number of carboxylic acid groups (broad SMARTS) is 1. The molecule has 0 saturated carbocycles. The molecule has 0 heterocycles. The molecule has 0 radical (unpaired) electrons. The zero-order valence-electron chi connectivity index (χ0n) is 6.12. The Kier molecular flexibility index (Phi) is 5.65. The molecule has 0 aromatic heterocycles. The normalized spacial score (nSPS) is 11.7. The SMILES string of the molecule is C=C=CSCCC(N)C(=O)O. The van der Waals surface area contributed by atoms with E-state index in [9.17, 15) is 4.79 Å². The zero-order valence-corrected chi connectivity index (χ0v) is 6.93. The smallest absolute Gasteiger partial charge is 0.320 e. The van der Waals surface area contributed by atoms with Crippen LogP contribution >= 0.6 is 11.8 Å². The van der Waals surface area contributed by atoms with Gasteiger partial charge in [-0.3, -0.25) is 4.79 Å². The van der Waals surface area contributed by atoms with E-state index in [1.54, 1.807) is 5.41 Å². The van der Waals surface area contributed by atoms with Gasteiger partial charge in [0.15, 0.2) is 0 Å². The fourth-order valence-corrected chi connectivity index (χ4v) is 1.06. The van der Waals surface area contributed by atoms with E-state index in [1.807, 2.05) is 0 Å². The van der Waals surface area contributed by atoms with Crippen molar-refractivity contribution in [2.45, 2.75) is 12.5 Å². The molecule has 4 heteroatoms. The molecule has 0 rings (SSSR count). The summed E-state index contributed by atoms with van der Waals surface area (Å²) in [6, 6.07) is -0.749. The zero-order chi connectivity index (χ0) is 8.69. The van der Waals surface area contributed by atoms with E-state index in [0.29, 0.717) is 12.2 Å². The minimum atomic E-state index is -0.951. The van der Waals surface area contributed by atoms with Crippen LogP contribution in [0.15, 0.2) is 17.7 Å². The van der Waals surface area contributed by atoms with Crippen molar-refractivity contribution >= 4 is 17.7 Å². The Balaban J connectivity index is 3.38. The maximum Gasteiger partial charge on any atom is 0.320 e. The second-order valence-electron chi connectivity index (χ2n) is 1.93. The Labute approximate surface area is 70.0 Å². The number of nitrogens with two attached hydrogens (primary N) is 1. The second kappa shape index (κ2) is 6.04. The molecule has 1 unspecified atom stereocenters. The van der Waals surface area contributed by atoms with Crippen molar-refractivity contribution in [2.24, 2.45) is 5.73 Å². The predicted octanol–water partition coefficient (Wildman–Crippen LogP) is 0.820. The second-order valence-corrected chi connectivity index (χ2v) is 2.90. The Morgan fingerprint density at radius 1 is 1.91 bits per heavy atom. The first kappa shape index (κ1) is 10.3. The van der Waals surface area contributed by atoms with Crippen molar-refractivity contribution in [3.63, 3.8) is 0 Å². The van der Waals surface area contributed by atoms with Gasteiger partial charge < -0.3 is 10.8 Å². The van der Waals surface area contributed by atoms with Gasteiger partial charge in [-0.1, -0.05) is 6.58 Å². The molecule has 0 amide bonds. The van der Waals surface area contributed by atoms with E-state index in [2.05, 4.69) is 12.3 Å². The summed E-state index contributed by atoms with van der Waals surface area (Å²) in [6.45, 7) is 3.36. The summed E-state index contributed by atoms with van der Waals surface area (Å²) in [7, 11) is 0. The number of aliphatic carboxylic acids is 1. The molecular formula is C7H11NO2S. The third kappa shape index (κ3) is 5.73. The largest absolute Gasteiger partial charge is 0.480 e. The number of hydrogen-bond donors (Lipinski definition) is 2. The molecule has 0 fully saturated rings. The first-order valence-electron chi connectivity index (χ1n) is 3.12. The van der Waals surface area contributed by atoms with Gasteiger partial charge in [0.05, 0.1) is 0 Å². The summed E-state index contributed by atoms with van der Waals surface area (Å²) < 4.78 is 0. The molecular weight excluding hydrogens is 162 g/mol. The first-order chi connectivity index (χ1) is 5.18. The van der Waals surface area contributed by atoms with E-state index < -0.39 is 12.0 Å². The van der Waals surface area contributed by atoms with Gasteiger partial charge in [-0.25, -0.2) is 0 Å². The van der Waals surface area contributed by atoms with Crippen molar-refractivity contribution in [2.75, 3.05) is 5.75 Å². The average Bonchev–Trinajstić information content (AvgIpc) is 1.97. The molecule has 0 bridgehead atoms. The third-order valence-corrected chi connectivity index (χ3v) is 1.84. The molecule has 3 nitrogen and oxygen atoms in total. The highest BCUT2D eigenvalue weighted by Gasteiger charge is 2.09. The monoisotopic (exact) mass is 173 g/mol. The lowest BCUT2D eigenvalue weighted by molar-refractivity contribution is -0.138. The molecule has 0 aliphatic rings. The Morgan fingerprint density at radius 2 is 2.55 bits per heavy atom. The number of rotatable bonds is 5. The van der Waals surface area contributed by atoms with Crippen molar-refractivity contribution in [1.29, 1.82) is 0 Å². The molecule has 0 spiro atoms. The lowest BCUT2D eigenvalue weighted by Gasteiger charge is -2.02. The van der Waals surface area contributed by atoms with Crippen LogP contribution in [0.25, 0.3) is 0 Å². The van der Waals surface area contributed by atoms with Gasteiger partial charge in [0.2, 0.25) is 0 Å². The summed E-state index contributed by atoms with van der Waals surface area (Å²) in [5.74, 6) is -0.260. The van der Waals surface area contributed by atoms with Crippen LogP contribution in [0.2, 0.25) is 0 Å². The summed E-state index contributed by atoms with van der Waals surface area (Å²) in [5, 5.41) is 10.1. The number of carbonyl (C=O) groups is 1. The van der Waals surface area contributed by atoms with Gasteiger partial charge in [0.25, 0.3) is 0 Å². The number of hydrogen-bond acceptors (Lipinski definition) is 3. The summed E-state index contributed by atoms with van der Waals surface area (Å²) >= 11 is 1.46. The van der Waals surface area contributed by atoms with Crippen LogP contribution in [-0.4, -0.2) is 22.9 Å². The van der Waals surface area contributed by atoms with Crippen LogP contribution in [0.1, 0.15) is 6.42 Å². The summed E-state index contributed by atoms with van der Waals surface area (Å²) in [5.41, 5.74) is 7.81. The average molecular weight is 173 g/mol. The van der Waals surface area contributed by atoms with E-state index >= 15 is 0 Å². The van der Waals surface area contributed by atoms with Crippen LogP contribution in [0, 0.1) is 0 Å². The standard InChI is InChI=1S/C7H11NO2S/c1-2-4-11-5-3-6(8)7(9)10/h4,6H,1,3,5,8H2,(H,9,10). The molecule has 62 valence electrons. The number of carboxylic acids is 1. The van der Waals surface area contributed by atoms with E-state index in [0.717, 1.165) is 0 Å². The van der Waals surface area contributed by atoms with Crippen molar-refractivity contribution in [3.05, 3.63) is 17.7 Å². The summed E-state index contributed by atoms with van der Waals surface area (Å²) in [6.07, 6.45) is 0.470. The van der Waals surface area contributed by atoms with E-state index in [4.69, 9.17) is 10.8 Å². The highest BCUT2D eigenvalue weighted by atomic mass is 32.2. The van der Waals surface area contributed by atoms with Crippen LogP contribution in [0.5, 0.6) is 0 Å². The van der Waals surface area contributed by atoms with Gasteiger partial charge in [0, 0.05) is 11.2 Å². The quantitative estimate of drug-likeness (QED) is 0.477. The predicted molar refractivity (Wildman–Crippen MR) is 46.4 cm³/mol.